The van der Waals surface area contributed by atoms with Crippen LogP contribution >= 0.6 is 0 Å². The van der Waals surface area contributed by atoms with Crippen molar-refractivity contribution in [1.29, 1.82) is 0 Å². The van der Waals surface area contributed by atoms with Crippen molar-refractivity contribution in [3.8, 4) is 5.75 Å². The molecule has 0 fully saturated rings. The van der Waals surface area contributed by atoms with Gasteiger partial charge in [0.05, 0.1) is 0 Å². The van der Waals surface area contributed by atoms with Gasteiger partial charge in [0.15, 0.2) is 6.23 Å². The third-order valence-corrected chi connectivity index (χ3v) is 4.01. The molecule has 1 rings (SSSR count). The maximum Gasteiger partial charge on any atom is 0.317 e. The zero-order valence-corrected chi connectivity index (χ0v) is 15.8. The number of carbonyl (C=O) groups excluding carboxylic acids is 1. The van der Waals surface area contributed by atoms with Gasteiger partial charge in [0, 0.05) is 6.54 Å². The Bertz CT molecular complexity index is 487. The van der Waals surface area contributed by atoms with Crippen LogP contribution in [0.5, 0.6) is 5.75 Å². The average Bonchev–Trinajstić information content (AvgIpc) is 2.55. The molecule has 0 saturated carbocycles. The Kier molecular flexibility index (Phi) is 9.23. The number of rotatable bonds is 10. The molecular weight excluding hydrogens is 302 g/mol. The molecule has 5 nitrogen and oxygen atoms in total. The molecule has 0 aliphatic heterocycles. The van der Waals surface area contributed by atoms with E-state index in [4.69, 9.17) is 4.74 Å². The maximum atomic E-state index is 11.9. The molecule has 0 saturated heterocycles. The molecule has 1 aromatic rings. The summed E-state index contributed by atoms with van der Waals surface area (Å²) in [7, 11) is 0. The van der Waals surface area contributed by atoms with Gasteiger partial charge in [0.25, 0.3) is 0 Å². The van der Waals surface area contributed by atoms with Crippen molar-refractivity contribution in [2.75, 3.05) is 26.2 Å². The summed E-state index contributed by atoms with van der Waals surface area (Å²) in [5.74, 6) is 1.20. The molecule has 2 amide bonds. The third-order valence-electron chi connectivity index (χ3n) is 4.01. The van der Waals surface area contributed by atoms with Crippen molar-refractivity contribution >= 4 is 6.03 Å². The number of nitrogens with one attached hydrogen (secondary N) is 2. The molecule has 1 aromatic carbocycles. The van der Waals surface area contributed by atoms with Crippen LogP contribution in [0.1, 0.15) is 52.5 Å². The summed E-state index contributed by atoms with van der Waals surface area (Å²) in [4.78, 5) is 14.3. The molecule has 0 spiro atoms. The Morgan fingerprint density at radius 2 is 1.83 bits per heavy atom. The molecule has 1 unspecified atom stereocenters. The van der Waals surface area contributed by atoms with E-state index in [9.17, 15) is 4.79 Å². The van der Waals surface area contributed by atoms with Crippen molar-refractivity contribution in [3.63, 3.8) is 0 Å². The van der Waals surface area contributed by atoms with E-state index >= 15 is 0 Å². The molecule has 0 aromatic heterocycles. The Balaban J connectivity index is 2.35. The fourth-order valence-electron chi connectivity index (χ4n) is 2.56. The van der Waals surface area contributed by atoms with E-state index in [-0.39, 0.29) is 12.3 Å². The predicted octanol–water partition coefficient (Wildman–Crippen LogP) is 3.57. The normalized spacial score (nSPS) is 12.3. The number of nitrogens with zero attached hydrogens (tertiary/aromatic N) is 1. The number of hydrogen-bond acceptors (Lipinski definition) is 3. The molecule has 5 heteroatoms. The zero-order valence-electron chi connectivity index (χ0n) is 15.8. The molecule has 0 aliphatic rings. The summed E-state index contributed by atoms with van der Waals surface area (Å²) in [6.45, 7) is 14.2. The van der Waals surface area contributed by atoms with Crippen LogP contribution in [-0.4, -0.2) is 43.3 Å². The van der Waals surface area contributed by atoms with E-state index < -0.39 is 0 Å². The average molecular weight is 335 g/mol. The number of hydrogen-bond donors (Lipinski definition) is 2. The van der Waals surface area contributed by atoms with Crippen LogP contribution in [0.4, 0.5) is 4.79 Å². The molecule has 0 bridgehead atoms. The van der Waals surface area contributed by atoms with Crippen LogP contribution in [0.25, 0.3) is 0 Å². The second-order valence-electron chi connectivity index (χ2n) is 6.23. The van der Waals surface area contributed by atoms with Crippen molar-refractivity contribution in [2.24, 2.45) is 0 Å². The highest BCUT2D eigenvalue weighted by atomic mass is 16.5. The first-order valence-electron chi connectivity index (χ1n) is 9.00. The second-order valence-corrected chi connectivity index (χ2v) is 6.23. The minimum atomic E-state index is -0.382. The largest absolute Gasteiger partial charge is 0.471 e. The van der Waals surface area contributed by atoms with Crippen LogP contribution < -0.4 is 15.4 Å². The van der Waals surface area contributed by atoms with E-state index in [0.717, 1.165) is 37.4 Å². The lowest BCUT2D eigenvalue weighted by Crippen LogP contribution is -2.44. The number of amides is 2. The molecular formula is C19H33N3O2. The van der Waals surface area contributed by atoms with Crippen molar-refractivity contribution in [3.05, 3.63) is 29.8 Å². The van der Waals surface area contributed by atoms with E-state index in [1.54, 1.807) is 0 Å². The monoisotopic (exact) mass is 335 g/mol. The number of carbonyl (C=O) groups is 1. The quantitative estimate of drug-likeness (QED) is 0.508. The first-order valence-corrected chi connectivity index (χ1v) is 9.00. The van der Waals surface area contributed by atoms with Crippen molar-refractivity contribution in [2.45, 2.75) is 53.2 Å². The second kappa shape index (κ2) is 10.9. The van der Waals surface area contributed by atoms with Gasteiger partial charge >= 0.3 is 6.03 Å². The van der Waals surface area contributed by atoms with Gasteiger partial charge in [0.2, 0.25) is 0 Å². The van der Waals surface area contributed by atoms with Crippen molar-refractivity contribution in [1.82, 2.24) is 15.5 Å². The van der Waals surface area contributed by atoms with Gasteiger partial charge in [-0.25, -0.2) is 4.79 Å². The summed E-state index contributed by atoms with van der Waals surface area (Å²) in [5, 5.41) is 5.71. The Morgan fingerprint density at radius 3 is 2.46 bits per heavy atom. The number of ether oxygens (including phenoxy) is 1. The minimum absolute atomic E-state index is 0.191. The summed E-state index contributed by atoms with van der Waals surface area (Å²) in [6, 6.07) is 7.75. The highest BCUT2D eigenvalue weighted by molar-refractivity contribution is 5.73. The van der Waals surface area contributed by atoms with Gasteiger partial charge in [-0.2, -0.15) is 0 Å². The number of para-hydroxylation sites is 1. The van der Waals surface area contributed by atoms with Gasteiger partial charge < -0.3 is 20.3 Å². The van der Waals surface area contributed by atoms with Crippen LogP contribution in [0, 0.1) is 0 Å². The minimum Gasteiger partial charge on any atom is -0.471 e. The molecule has 136 valence electrons. The topological polar surface area (TPSA) is 53.6 Å². The van der Waals surface area contributed by atoms with Gasteiger partial charge in [-0.3, -0.25) is 0 Å². The molecule has 0 radical (unpaired) electrons. The number of benzene rings is 1. The fraction of sp³-hybridized carbons (Fsp3) is 0.632. The van der Waals surface area contributed by atoms with Gasteiger partial charge in [-0.15, -0.1) is 0 Å². The Labute approximate surface area is 146 Å². The Morgan fingerprint density at radius 1 is 1.17 bits per heavy atom. The summed E-state index contributed by atoms with van der Waals surface area (Å²) < 4.78 is 5.88. The lowest BCUT2D eigenvalue weighted by molar-refractivity contribution is 0.175. The first-order chi connectivity index (χ1) is 11.5. The van der Waals surface area contributed by atoms with Crippen LogP contribution in [0.15, 0.2) is 24.3 Å². The fourth-order valence-corrected chi connectivity index (χ4v) is 2.56. The first kappa shape index (κ1) is 20.3. The van der Waals surface area contributed by atoms with E-state index in [1.807, 2.05) is 25.1 Å². The predicted molar refractivity (Wildman–Crippen MR) is 99.6 cm³/mol. The van der Waals surface area contributed by atoms with Crippen LogP contribution in [-0.2, 0) is 0 Å². The summed E-state index contributed by atoms with van der Waals surface area (Å²) >= 11 is 0. The Hall–Kier alpha value is -1.75. The smallest absolute Gasteiger partial charge is 0.317 e. The lowest BCUT2D eigenvalue weighted by Gasteiger charge is -2.20. The molecule has 24 heavy (non-hydrogen) atoms. The van der Waals surface area contributed by atoms with Crippen molar-refractivity contribution < 1.29 is 9.53 Å². The zero-order chi connectivity index (χ0) is 17.9. The van der Waals surface area contributed by atoms with E-state index in [1.165, 1.54) is 0 Å². The van der Waals surface area contributed by atoms with Gasteiger partial charge in [0.1, 0.15) is 5.75 Å². The standard InChI is InChI=1S/C19H33N3O2/c1-6-22(7-2)14-10-13-20-19(23)21-16(5)24-18-12-9-8-11-17(18)15(3)4/h8-9,11-12,15-16H,6-7,10,13-14H2,1-5H3,(H2,20,21,23). The van der Waals surface area contributed by atoms with Crippen LogP contribution in [0.2, 0.25) is 0 Å². The third kappa shape index (κ3) is 7.21. The van der Waals surface area contributed by atoms with Gasteiger partial charge in [-0.1, -0.05) is 45.9 Å². The lowest BCUT2D eigenvalue weighted by atomic mass is 10.0. The highest BCUT2D eigenvalue weighted by Gasteiger charge is 2.12. The van der Waals surface area contributed by atoms with Crippen LogP contribution in [0.3, 0.4) is 0 Å². The SMILES string of the molecule is CCN(CC)CCCNC(=O)NC(C)Oc1ccccc1C(C)C. The summed E-state index contributed by atoms with van der Waals surface area (Å²) in [5.41, 5.74) is 1.14. The maximum absolute atomic E-state index is 11.9. The number of urea groups is 1. The molecule has 1 atom stereocenters. The molecule has 2 N–H and O–H groups in total. The van der Waals surface area contributed by atoms with E-state index in [0.29, 0.717) is 12.5 Å². The van der Waals surface area contributed by atoms with E-state index in [2.05, 4.69) is 49.3 Å². The summed E-state index contributed by atoms with van der Waals surface area (Å²) in [6.07, 6.45) is 0.563. The molecule has 0 heterocycles. The van der Waals surface area contributed by atoms with Gasteiger partial charge in [-0.05, 0) is 50.5 Å². The highest BCUT2D eigenvalue weighted by Crippen LogP contribution is 2.26. The molecule has 0 aliphatic carbocycles.